The van der Waals surface area contributed by atoms with Crippen molar-refractivity contribution < 1.29 is 9.53 Å². The predicted molar refractivity (Wildman–Crippen MR) is 61.4 cm³/mol. The van der Waals surface area contributed by atoms with E-state index in [2.05, 4.69) is 32.3 Å². The van der Waals surface area contributed by atoms with E-state index in [0.29, 0.717) is 0 Å². The highest BCUT2D eigenvalue weighted by Crippen LogP contribution is 2.29. The predicted octanol–water partition coefficient (Wildman–Crippen LogP) is 2.68. The van der Waals surface area contributed by atoms with E-state index in [-0.39, 0.29) is 12.0 Å². The number of aliphatic hydroxyl groups is 1. The van der Waals surface area contributed by atoms with E-state index in [4.69, 9.17) is 4.43 Å². The summed E-state index contributed by atoms with van der Waals surface area (Å²) < 4.78 is 5.92. The van der Waals surface area contributed by atoms with Crippen molar-refractivity contribution in [3.63, 3.8) is 0 Å². The summed E-state index contributed by atoms with van der Waals surface area (Å²) in [4.78, 5) is 0. The first kappa shape index (κ1) is 11.5. The highest BCUT2D eigenvalue weighted by atomic mass is 28.4. The molecule has 0 bridgehead atoms. The highest BCUT2D eigenvalue weighted by molar-refractivity contribution is 6.70. The van der Waals surface area contributed by atoms with E-state index < -0.39 is 8.32 Å². The fourth-order valence-electron chi connectivity index (χ4n) is 1.64. The number of aliphatic hydroxyl groups excluding tert-OH is 1. The van der Waals surface area contributed by atoms with Gasteiger partial charge >= 0.3 is 0 Å². The van der Waals surface area contributed by atoms with Crippen molar-refractivity contribution in [2.24, 2.45) is 5.92 Å². The van der Waals surface area contributed by atoms with Gasteiger partial charge in [0.25, 0.3) is 0 Å². The molecule has 3 heteroatoms. The third-order valence-electron chi connectivity index (χ3n) is 2.23. The maximum atomic E-state index is 9.76. The molecule has 1 aliphatic rings. The molecule has 0 heterocycles. The van der Waals surface area contributed by atoms with Crippen LogP contribution in [0.25, 0.3) is 0 Å². The van der Waals surface area contributed by atoms with Gasteiger partial charge < -0.3 is 9.53 Å². The maximum absolute atomic E-state index is 9.76. The smallest absolute Gasteiger partial charge is 0.241 e. The molecule has 0 spiro atoms. The summed E-state index contributed by atoms with van der Waals surface area (Å²) in [6.07, 6.45) is 5.29. The van der Waals surface area contributed by atoms with E-state index in [1.54, 1.807) is 6.08 Å². The van der Waals surface area contributed by atoms with E-state index >= 15 is 0 Å². The maximum Gasteiger partial charge on any atom is 0.241 e. The zero-order chi connectivity index (χ0) is 10.8. The third kappa shape index (κ3) is 2.99. The molecule has 0 aromatic rings. The molecular weight excluding hydrogens is 192 g/mol. The van der Waals surface area contributed by atoms with Crippen molar-refractivity contribution in [1.29, 1.82) is 0 Å². The Morgan fingerprint density at radius 3 is 2.71 bits per heavy atom. The second-order valence-electron chi connectivity index (χ2n) is 4.73. The highest BCUT2D eigenvalue weighted by Gasteiger charge is 2.28. The lowest BCUT2D eigenvalue weighted by Gasteiger charge is -2.31. The molecule has 0 unspecified atom stereocenters. The SMILES string of the molecule is C=C[C@H]1C(O[Si](C)(C)C)=CCC[C@@H]1O. The average molecular weight is 212 g/mol. The van der Waals surface area contributed by atoms with Crippen LogP contribution < -0.4 is 0 Å². The zero-order valence-corrected chi connectivity index (χ0v) is 10.3. The number of hydrogen-bond acceptors (Lipinski definition) is 2. The summed E-state index contributed by atoms with van der Waals surface area (Å²) >= 11 is 0. The van der Waals surface area contributed by atoms with Crippen LogP contribution in [-0.4, -0.2) is 19.5 Å². The lowest BCUT2D eigenvalue weighted by atomic mass is 9.91. The van der Waals surface area contributed by atoms with Crippen LogP contribution in [0.3, 0.4) is 0 Å². The van der Waals surface area contributed by atoms with Gasteiger partial charge in [-0.15, -0.1) is 6.58 Å². The first-order valence-corrected chi connectivity index (χ1v) is 8.54. The minimum Gasteiger partial charge on any atom is -0.547 e. The first-order chi connectivity index (χ1) is 6.44. The van der Waals surface area contributed by atoms with E-state index in [1.807, 2.05) is 0 Å². The van der Waals surface area contributed by atoms with E-state index in [1.165, 1.54) is 0 Å². The van der Waals surface area contributed by atoms with Gasteiger partial charge in [-0.05, 0) is 38.6 Å². The van der Waals surface area contributed by atoms with Crippen molar-refractivity contribution in [3.8, 4) is 0 Å². The Morgan fingerprint density at radius 1 is 1.57 bits per heavy atom. The Morgan fingerprint density at radius 2 is 2.21 bits per heavy atom. The summed E-state index contributed by atoms with van der Waals surface area (Å²) in [5.41, 5.74) is 0. The summed E-state index contributed by atoms with van der Waals surface area (Å²) in [5.74, 6) is 0.924. The number of rotatable bonds is 3. The molecule has 80 valence electrons. The summed E-state index contributed by atoms with van der Waals surface area (Å²) in [5, 5.41) is 9.76. The summed E-state index contributed by atoms with van der Waals surface area (Å²) in [6.45, 7) is 10.2. The Bertz CT molecular complexity index is 240. The lowest BCUT2D eigenvalue weighted by molar-refractivity contribution is 0.109. The fraction of sp³-hybridized carbons (Fsp3) is 0.636. The standard InChI is InChI=1S/C11H20O2Si/c1-5-9-10(12)7-6-8-11(9)13-14(2,3)4/h5,8-10,12H,1,6-7H2,2-4H3/t9-,10+/m1/s1. The normalized spacial score (nSPS) is 28.1. The van der Waals surface area contributed by atoms with Crippen molar-refractivity contribution in [1.82, 2.24) is 0 Å². The Labute approximate surface area is 87.4 Å². The molecule has 0 aliphatic heterocycles. The summed E-state index contributed by atoms with van der Waals surface area (Å²) in [7, 11) is -1.56. The van der Waals surface area contributed by atoms with Gasteiger partial charge in [0.05, 0.1) is 17.8 Å². The number of hydrogen-bond donors (Lipinski definition) is 1. The van der Waals surface area contributed by atoms with Crippen LogP contribution in [0.5, 0.6) is 0 Å². The minimum atomic E-state index is -1.56. The lowest BCUT2D eigenvalue weighted by Crippen LogP contribution is -2.32. The molecule has 0 aromatic carbocycles. The van der Waals surface area contributed by atoms with Crippen LogP contribution in [0.2, 0.25) is 19.6 Å². The van der Waals surface area contributed by atoms with Crippen LogP contribution >= 0.6 is 0 Å². The van der Waals surface area contributed by atoms with Gasteiger partial charge in [-0.25, -0.2) is 0 Å². The van der Waals surface area contributed by atoms with Gasteiger partial charge in [-0.3, -0.25) is 0 Å². The monoisotopic (exact) mass is 212 g/mol. The molecule has 14 heavy (non-hydrogen) atoms. The van der Waals surface area contributed by atoms with Crippen molar-refractivity contribution in [2.45, 2.75) is 38.6 Å². The summed E-state index contributed by atoms with van der Waals surface area (Å²) in [6, 6.07) is 0. The zero-order valence-electron chi connectivity index (χ0n) is 9.29. The van der Waals surface area contributed by atoms with Gasteiger partial charge in [0.2, 0.25) is 8.32 Å². The first-order valence-electron chi connectivity index (χ1n) is 5.14. The third-order valence-corrected chi connectivity index (χ3v) is 3.08. The molecule has 0 saturated carbocycles. The van der Waals surface area contributed by atoms with Gasteiger partial charge in [0.15, 0.2) is 0 Å². The van der Waals surface area contributed by atoms with Crippen LogP contribution in [0.15, 0.2) is 24.5 Å². The molecule has 1 aliphatic carbocycles. The van der Waals surface area contributed by atoms with Crippen molar-refractivity contribution in [3.05, 3.63) is 24.5 Å². The number of allylic oxidation sites excluding steroid dienone is 1. The topological polar surface area (TPSA) is 29.5 Å². The fourth-order valence-corrected chi connectivity index (χ4v) is 2.56. The van der Waals surface area contributed by atoms with Crippen LogP contribution in [0, 0.1) is 5.92 Å². The molecule has 2 nitrogen and oxygen atoms in total. The average Bonchev–Trinajstić information content (AvgIpc) is 2.01. The minimum absolute atomic E-state index is 0.00419. The molecular formula is C11H20O2Si. The van der Waals surface area contributed by atoms with Gasteiger partial charge in [0, 0.05) is 0 Å². The molecule has 0 aromatic heterocycles. The molecule has 0 radical (unpaired) electrons. The van der Waals surface area contributed by atoms with E-state index in [9.17, 15) is 5.11 Å². The molecule has 0 saturated heterocycles. The molecule has 1 rings (SSSR count). The van der Waals surface area contributed by atoms with Crippen molar-refractivity contribution in [2.75, 3.05) is 0 Å². The molecule has 0 fully saturated rings. The Balaban J connectivity index is 2.75. The second kappa shape index (κ2) is 4.32. The molecule has 1 N–H and O–H groups in total. The van der Waals surface area contributed by atoms with Crippen molar-refractivity contribution >= 4 is 8.32 Å². The van der Waals surface area contributed by atoms with Gasteiger partial charge in [-0.2, -0.15) is 0 Å². The Hall–Kier alpha value is -0.543. The quantitative estimate of drug-likeness (QED) is 0.576. The van der Waals surface area contributed by atoms with Crippen LogP contribution in [0.1, 0.15) is 12.8 Å². The van der Waals surface area contributed by atoms with Gasteiger partial charge in [0.1, 0.15) is 0 Å². The van der Waals surface area contributed by atoms with E-state index in [0.717, 1.165) is 18.6 Å². The Kier molecular flexibility index (Phi) is 3.56. The molecule has 2 atom stereocenters. The second-order valence-corrected chi connectivity index (χ2v) is 9.16. The largest absolute Gasteiger partial charge is 0.547 e. The van der Waals surface area contributed by atoms with Crippen LogP contribution in [-0.2, 0) is 4.43 Å². The van der Waals surface area contributed by atoms with Crippen LogP contribution in [0.4, 0.5) is 0 Å². The van der Waals surface area contributed by atoms with Gasteiger partial charge in [-0.1, -0.05) is 6.08 Å². The molecule has 0 amide bonds.